The van der Waals surface area contributed by atoms with Gasteiger partial charge in [0.05, 0.1) is 5.56 Å². The predicted octanol–water partition coefficient (Wildman–Crippen LogP) is 3.24. The normalized spacial score (nSPS) is 15.6. The summed E-state index contributed by atoms with van der Waals surface area (Å²) in [5.74, 6) is -0.646. The Morgan fingerprint density at radius 2 is 1.77 bits per heavy atom. The minimum atomic E-state index is -0.345. The van der Waals surface area contributed by atoms with Crippen molar-refractivity contribution in [2.24, 2.45) is 11.1 Å². The van der Waals surface area contributed by atoms with E-state index in [9.17, 15) is 14.7 Å². The van der Waals surface area contributed by atoms with Gasteiger partial charge < -0.3 is 10.8 Å². The molecule has 0 bridgehead atoms. The van der Waals surface area contributed by atoms with Gasteiger partial charge in [-0.3, -0.25) is 9.59 Å². The van der Waals surface area contributed by atoms with E-state index in [4.69, 9.17) is 5.73 Å². The molecule has 0 atom stereocenters. The Labute approximate surface area is 131 Å². The van der Waals surface area contributed by atoms with E-state index in [0.717, 1.165) is 6.42 Å². The van der Waals surface area contributed by atoms with Crippen molar-refractivity contribution in [1.29, 1.82) is 0 Å². The molecule has 1 aromatic carbocycles. The first-order valence-corrected chi connectivity index (χ1v) is 7.41. The minimum Gasteiger partial charge on any atom is -0.507 e. The number of carbonyl (C=O) groups is 2. The lowest BCUT2D eigenvalue weighted by Gasteiger charge is -2.33. The Bertz CT molecular complexity index is 663. The van der Waals surface area contributed by atoms with Crippen LogP contribution in [0.15, 0.2) is 29.8 Å². The highest BCUT2D eigenvalue weighted by molar-refractivity contribution is 6.25. The molecule has 1 aliphatic carbocycles. The molecule has 22 heavy (non-hydrogen) atoms. The zero-order valence-electron chi connectivity index (χ0n) is 13.6. The van der Waals surface area contributed by atoms with Crippen LogP contribution < -0.4 is 5.73 Å². The first kappa shape index (κ1) is 16.4. The number of hydrogen-bond donors (Lipinski definition) is 2. The Balaban J connectivity index is 2.32. The lowest BCUT2D eigenvalue weighted by atomic mass is 9.73. The fourth-order valence-electron chi connectivity index (χ4n) is 3.40. The third-order valence-corrected chi connectivity index (χ3v) is 3.73. The van der Waals surface area contributed by atoms with Crippen molar-refractivity contribution in [3.63, 3.8) is 0 Å². The molecule has 3 N–H and O–H groups in total. The molecule has 0 aromatic heterocycles. The molecule has 0 heterocycles. The summed E-state index contributed by atoms with van der Waals surface area (Å²) >= 11 is 0. The van der Waals surface area contributed by atoms with Crippen molar-refractivity contribution in [2.75, 3.05) is 0 Å². The van der Waals surface area contributed by atoms with Crippen LogP contribution >= 0.6 is 0 Å². The predicted molar refractivity (Wildman–Crippen MR) is 86.1 cm³/mol. The number of phenolic OH excluding ortho intramolecular Hbond substituents is 1. The summed E-state index contributed by atoms with van der Waals surface area (Å²) < 4.78 is 0. The number of phenols is 1. The van der Waals surface area contributed by atoms with Gasteiger partial charge in [-0.2, -0.15) is 0 Å². The van der Waals surface area contributed by atoms with E-state index in [1.165, 1.54) is 12.1 Å². The number of allylic oxidation sites excluding steroid dienone is 2. The highest BCUT2D eigenvalue weighted by Gasteiger charge is 2.33. The molecule has 1 aromatic rings. The summed E-state index contributed by atoms with van der Waals surface area (Å²) in [6.07, 6.45) is 2.56. The average Bonchev–Trinajstić information content (AvgIpc) is 2.31. The van der Waals surface area contributed by atoms with E-state index < -0.39 is 0 Å². The highest BCUT2D eigenvalue weighted by Crippen LogP contribution is 2.37. The summed E-state index contributed by atoms with van der Waals surface area (Å²) in [6.45, 7) is 7.98. The molecule has 118 valence electrons. The van der Waals surface area contributed by atoms with Gasteiger partial charge in [0.15, 0.2) is 11.6 Å². The molecule has 4 nitrogen and oxygen atoms in total. The smallest absolute Gasteiger partial charge is 0.190 e. The summed E-state index contributed by atoms with van der Waals surface area (Å²) in [6, 6.07) is 4.59. The van der Waals surface area contributed by atoms with Gasteiger partial charge in [-0.25, -0.2) is 0 Å². The molecule has 1 aliphatic rings. The second-order valence-corrected chi connectivity index (χ2v) is 7.57. The van der Waals surface area contributed by atoms with Crippen molar-refractivity contribution in [2.45, 2.75) is 46.1 Å². The van der Waals surface area contributed by atoms with Crippen LogP contribution in [0, 0.1) is 5.41 Å². The topological polar surface area (TPSA) is 80.4 Å². The molecule has 0 saturated carbocycles. The van der Waals surface area contributed by atoms with Crippen molar-refractivity contribution >= 4 is 11.6 Å². The molecule has 2 rings (SSSR count). The number of ketones is 2. The van der Waals surface area contributed by atoms with Crippen LogP contribution in [-0.4, -0.2) is 22.2 Å². The van der Waals surface area contributed by atoms with Crippen molar-refractivity contribution < 1.29 is 14.7 Å². The maximum atomic E-state index is 12.6. The summed E-state index contributed by atoms with van der Waals surface area (Å²) in [5.41, 5.74) is 6.41. The fourth-order valence-corrected chi connectivity index (χ4v) is 3.40. The Hall–Kier alpha value is -1.94. The average molecular weight is 301 g/mol. The molecule has 4 heteroatoms. The third-order valence-electron chi connectivity index (χ3n) is 3.73. The number of nitrogens with two attached hydrogens (primary N) is 1. The number of fused-ring (bicyclic) bond motifs is 1. The SMILES string of the molecule is CC(C)(N)CC(C)(C)CC1=CC(=O)c2c(O)cccc2C1=O. The van der Waals surface area contributed by atoms with Crippen molar-refractivity contribution in [1.82, 2.24) is 0 Å². The molecular weight excluding hydrogens is 278 g/mol. The molecule has 0 radical (unpaired) electrons. The van der Waals surface area contributed by atoms with Crippen LogP contribution in [0.5, 0.6) is 5.75 Å². The molecule has 0 fully saturated rings. The first-order chi connectivity index (χ1) is 10.0. The van der Waals surface area contributed by atoms with Gasteiger partial charge in [-0.05, 0) is 44.2 Å². The summed E-state index contributed by atoms with van der Waals surface area (Å²) in [4.78, 5) is 24.8. The monoisotopic (exact) mass is 301 g/mol. The van der Waals surface area contributed by atoms with E-state index in [-0.39, 0.29) is 39.4 Å². The van der Waals surface area contributed by atoms with Gasteiger partial charge in [0.1, 0.15) is 5.75 Å². The summed E-state index contributed by atoms with van der Waals surface area (Å²) in [7, 11) is 0. The van der Waals surface area contributed by atoms with E-state index in [1.54, 1.807) is 12.1 Å². The molecular formula is C18H23NO3. The number of carbonyl (C=O) groups excluding carboxylic acids is 2. The number of hydrogen-bond acceptors (Lipinski definition) is 4. The number of aromatic hydroxyl groups is 1. The summed E-state index contributed by atoms with van der Waals surface area (Å²) in [5, 5.41) is 9.80. The number of benzene rings is 1. The second-order valence-electron chi connectivity index (χ2n) is 7.57. The van der Waals surface area contributed by atoms with Crippen LogP contribution in [0.4, 0.5) is 0 Å². The zero-order chi connectivity index (χ0) is 16.7. The quantitative estimate of drug-likeness (QED) is 0.894. The maximum Gasteiger partial charge on any atom is 0.190 e. The fraction of sp³-hybridized carbons (Fsp3) is 0.444. The first-order valence-electron chi connectivity index (χ1n) is 7.41. The third kappa shape index (κ3) is 3.45. The van der Waals surface area contributed by atoms with Crippen LogP contribution in [-0.2, 0) is 0 Å². The van der Waals surface area contributed by atoms with E-state index in [0.29, 0.717) is 12.0 Å². The van der Waals surface area contributed by atoms with Gasteiger partial charge in [-0.15, -0.1) is 0 Å². The van der Waals surface area contributed by atoms with Crippen LogP contribution in [0.1, 0.15) is 61.3 Å². The Morgan fingerprint density at radius 1 is 1.14 bits per heavy atom. The molecule has 0 aliphatic heterocycles. The largest absolute Gasteiger partial charge is 0.507 e. The lowest BCUT2D eigenvalue weighted by Crippen LogP contribution is -2.38. The molecule has 0 spiro atoms. The molecule has 0 amide bonds. The van der Waals surface area contributed by atoms with E-state index in [2.05, 4.69) is 0 Å². The second kappa shape index (κ2) is 5.36. The Kier molecular flexibility index (Phi) is 4.00. The minimum absolute atomic E-state index is 0.105. The van der Waals surface area contributed by atoms with Gasteiger partial charge in [0.25, 0.3) is 0 Å². The highest BCUT2D eigenvalue weighted by atomic mass is 16.3. The van der Waals surface area contributed by atoms with Crippen molar-refractivity contribution in [3.05, 3.63) is 41.0 Å². The van der Waals surface area contributed by atoms with Gasteiger partial charge in [0, 0.05) is 16.7 Å². The van der Waals surface area contributed by atoms with Crippen LogP contribution in [0.3, 0.4) is 0 Å². The van der Waals surface area contributed by atoms with E-state index in [1.807, 2.05) is 27.7 Å². The zero-order valence-corrected chi connectivity index (χ0v) is 13.6. The number of Topliss-reactive ketones (excluding diaryl/α,β-unsaturated/α-hetero) is 1. The van der Waals surface area contributed by atoms with Crippen LogP contribution in [0.25, 0.3) is 0 Å². The molecule has 0 unspecified atom stereocenters. The van der Waals surface area contributed by atoms with Gasteiger partial charge in [-0.1, -0.05) is 26.0 Å². The maximum absolute atomic E-state index is 12.6. The van der Waals surface area contributed by atoms with Crippen molar-refractivity contribution in [3.8, 4) is 5.75 Å². The Morgan fingerprint density at radius 3 is 2.36 bits per heavy atom. The van der Waals surface area contributed by atoms with Gasteiger partial charge >= 0.3 is 0 Å². The molecule has 0 saturated heterocycles. The standard InChI is InChI=1S/C18H23NO3/c1-17(2,10-18(3,4)19)9-11-8-14(21)15-12(16(11)22)6-5-7-13(15)20/h5-8,20H,9-10,19H2,1-4H3. The van der Waals surface area contributed by atoms with Gasteiger partial charge in [0.2, 0.25) is 0 Å². The van der Waals surface area contributed by atoms with Crippen LogP contribution in [0.2, 0.25) is 0 Å². The number of rotatable bonds is 4. The van der Waals surface area contributed by atoms with E-state index >= 15 is 0 Å². The lowest BCUT2D eigenvalue weighted by molar-refractivity contribution is 0.0970.